The van der Waals surface area contributed by atoms with E-state index in [1.54, 1.807) is 41.5 Å². The van der Waals surface area contributed by atoms with Crippen molar-refractivity contribution in [2.24, 2.45) is 7.05 Å². The highest BCUT2D eigenvalue weighted by Crippen LogP contribution is 2.37. The number of amides is 3. The molecule has 2 aromatic carbocycles. The molecule has 16 nitrogen and oxygen atoms in total. The molecule has 1 aliphatic carbocycles. The number of aromatic nitrogens is 5. The van der Waals surface area contributed by atoms with E-state index in [4.69, 9.17) is 4.98 Å². The predicted octanol–water partition coefficient (Wildman–Crippen LogP) is 5.53. The number of piperidine rings is 2. The Morgan fingerprint density at radius 3 is 2.32 bits per heavy atom. The van der Waals surface area contributed by atoms with Gasteiger partial charge >= 0.3 is 6.03 Å². The molecule has 0 spiro atoms. The Morgan fingerprint density at radius 1 is 0.935 bits per heavy atom. The third-order valence-electron chi connectivity index (χ3n) is 13.3. The van der Waals surface area contributed by atoms with Gasteiger partial charge in [-0.1, -0.05) is 25.0 Å². The van der Waals surface area contributed by atoms with Crippen LogP contribution in [0.3, 0.4) is 0 Å². The number of rotatable bonds is 10. The van der Waals surface area contributed by atoms with Crippen molar-refractivity contribution in [3.63, 3.8) is 0 Å². The van der Waals surface area contributed by atoms with E-state index < -0.39 is 16.1 Å². The van der Waals surface area contributed by atoms with Crippen molar-refractivity contribution in [3.8, 4) is 0 Å². The average molecular weight is 867 g/mol. The summed E-state index contributed by atoms with van der Waals surface area (Å²) in [7, 11) is -1.97. The number of hydrogen-bond acceptors (Lipinski definition) is 11. The molecule has 2 N–H and O–H groups in total. The molecule has 0 bridgehead atoms. The number of aryl methyl sites for hydroxylation is 2. The standard InChI is InChI=1S/C44H51FN10O6S/c1-26-35-24-46-43(49-40(35)55(31-6-4-5-7-31)42(58)39(26)27(2)56)47-30-14-19-53(20-15-30)62(60,61)32-10-8-28(9-11-32)25-52-17-12-29(13-18-52)33-23-37-34(22-36(33)45)41(50-51(37)3)54-21-16-38(57)48-44(54)59/h8-11,22-24,29-31H,4-7,12-21,25H2,1-3H3,(H,46,47,49)(H,48,57,59). The highest BCUT2D eigenvalue weighted by Gasteiger charge is 2.33. The molecule has 3 amide bonds. The first-order valence-electron chi connectivity index (χ1n) is 21.5. The van der Waals surface area contributed by atoms with E-state index in [0.29, 0.717) is 77.3 Å². The first-order chi connectivity index (χ1) is 29.8. The van der Waals surface area contributed by atoms with Crippen molar-refractivity contribution in [1.82, 2.24) is 38.8 Å². The summed E-state index contributed by atoms with van der Waals surface area (Å²) >= 11 is 0. The van der Waals surface area contributed by atoms with Crippen molar-refractivity contribution in [1.29, 1.82) is 0 Å². The Morgan fingerprint density at radius 2 is 1.65 bits per heavy atom. The van der Waals surface area contributed by atoms with Gasteiger partial charge in [-0.25, -0.2) is 22.6 Å². The Bertz CT molecular complexity index is 2770. The monoisotopic (exact) mass is 866 g/mol. The highest BCUT2D eigenvalue weighted by molar-refractivity contribution is 7.89. The number of benzene rings is 2. The number of hydrogen-bond donors (Lipinski definition) is 2. The maximum atomic E-state index is 15.7. The lowest BCUT2D eigenvalue weighted by Crippen LogP contribution is -2.49. The van der Waals surface area contributed by atoms with E-state index >= 15 is 4.39 Å². The van der Waals surface area contributed by atoms with E-state index in [1.165, 1.54) is 22.2 Å². The molecule has 3 aliphatic heterocycles. The molecule has 4 fully saturated rings. The number of likely N-dealkylation sites (tertiary alicyclic amines) is 1. The summed E-state index contributed by atoms with van der Waals surface area (Å²) in [6.45, 7) is 6.15. The van der Waals surface area contributed by atoms with Gasteiger partial charge in [0.05, 0.1) is 16.0 Å². The van der Waals surface area contributed by atoms with Gasteiger partial charge in [0.25, 0.3) is 5.56 Å². The number of sulfonamides is 1. The van der Waals surface area contributed by atoms with Crippen molar-refractivity contribution in [2.75, 3.05) is 42.9 Å². The predicted molar refractivity (Wildman–Crippen MR) is 231 cm³/mol. The van der Waals surface area contributed by atoms with E-state index in [2.05, 4.69) is 25.6 Å². The Balaban J connectivity index is 0.800. The second-order valence-corrected chi connectivity index (χ2v) is 19.1. The lowest BCUT2D eigenvalue weighted by molar-refractivity contribution is -0.120. The van der Waals surface area contributed by atoms with Crippen LogP contribution in [-0.2, 0) is 28.4 Å². The lowest BCUT2D eigenvalue weighted by atomic mass is 9.88. The number of carbonyl (C=O) groups is 3. The average Bonchev–Trinajstić information content (AvgIpc) is 3.89. The van der Waals surface area contributed by atoms with Crippen molar-refractivity contribution >= 4 is 61.4 Å². The van der Waals surface area contributed by atoms with Gasteiger partial charge in [0, 0.05) is 68.7 Å². The Kier molecular flexibility index (Phi) is 11.2. The first-order valence-corrected chi connectivity index (χ1v) is 23.0. The topological polar surface area (TPSA) is 185 Å². The summed E-state index contributed by atoms with van der Waals surface area (Å²) in [6.07, 6.45) is 8.15. The lowest BCUT2D eigenvalue weighted by Gasteiger charge is -2.33. The number of fused-ring (bicyclic) bond motifs is 2. The third-order valence-corrected chi connectivity index (χ3v) is 15.2. The van der Waals surface area contributed by atoms with E-state index in [9.17, 15) is 27.6 Å². The van der Waals surface area contributed by atoms with Crippen LogP contribution >= 0.6 is 0 Å². The molecule has 3 saturated heterocycles. The minimum absolute atomic E-state index is 0.00346. The number of carbonyl (C=O) groups excluding carboxylic acids is 3. The fraction of sp³-hybridized carbons (Fsp3) is 0.477. The fourth-order valence-electron chi connectivity index (χ4n) is 9.87. The second-order valence-electron chi connectivity index (χ2n) is 17.2. The maximum absolute atomic E-state index is 15.7. The zero-order valence-corrected chi connectivity index (χ0v) is 36.0. The van der Waals surface area contributed by atoms with Crippen molar-refractivity contribution < 1.29 is 27.2 Å². The minimum atomic E-state index is -3.73. The number of imide groups is 1. The zero-order chi connectivity index (χ0) is 43.4. The van der Waals surface area contributed by atoms with E-state index in [-0.39, 0.29) is 64.5 Å². The molecule has 5 aromatic rings. The number of pyridine rings is 1. The third kappa shape index (κ3) is 7.76. The van der Waals surface area contributed by atoms with Crippen LogP contribution < -0.4 is 21.1 Å². The van der Waals surface area contributed by atoms with Gasteiger partial charge in [-0.2, -0.15) is 14.4 Å². The van der Waals surface area contributed by atoms with Crippen molar-refractivity contribution in [2.45, 2.75) is 101 Å². The quantitative estimate of drug-likeness (QED) is 0.168. The van der Waals surface area contributed by atoms with Gasteiger partial charge in [-0.3, -0.25) is 38.7 Å². The number of urea groups is 1. The number of nitrogens with zero attached hydrogens (tertiary/aromatic N) is 8. The molecular formula is C44H51FN10O6S. The number of ketones is 1. The van der Waals surface area contributed by atoms with Gasteiger partial charge in [-0.05, 0) is 112 Å². The van der Waals surface area contributed by atoms with Gasteiger partial charge in [0.2, 0.25) is 21.9 Å². The van der Waals surface area contributed by atoms with Crippen LogP contribution in [0.5, 0.6) is 0 Å². The summed E-state index contributed by atoms with van der Waals surface area (Å²) in [5, 5.41) is 11.4. The number of halogens is 1. The summed E-state index contributed by atoms with van der Waals surface area (Å²) in [5.41, 5.74) is 3.32. The van der Waals surface area contributed by atoms with Gasteiger partial charge in [0.15, 0.2) is 11.6 Å². The largest absolute Gasteiger partial charge is 0.351 e. The number of anilines is 2. The van der Waals surface area contributed by atoms with Crippen LogP contribution in [-0.4, -0.2) is 98.4 Å². The summed E-state index contributed by atoms with van der Waals surface area (Å²) in [6, 6.07) is 9.69. The molecule has 4 aliphatic rings. The molecular weight excluding hydrogens is 816 g/mol. The Hall–Kier alpha value is -5.59. The fourth-order valence-corrected chi connectivity index (χ4v) is 11.3. The molecule has 326 valence electrons. The normalized spacial score (nSPS) is 19.2. The number of Topliss-reactive ketones (excluding diaryl/α,β-unsaturated/α-hetero) is 1. The van der Waals surface area contributed by atoms with Crippen LogP contribution in [0.4, 0.5) is 21.0 Å². The van der Waals surface area contributed by atoms with Gasteiger partial charge < -0.3 is 5.32 Å². The SMILES string of the molecule is CC(=O)c1c(C)c2cnc(NC3CCN(S(=O)(=O)c4ccc(CN5CCC(c6cc7c(cc6F)c(N6CCC(=O)NC6=O)nn7C)CC5)cc4)CC3)nc2n(C2CCCC2)c1=O. The van der Waals surface area contributed by atoms with Crippen LogP contribution in [0.2, 0.25) is 0 Å². The van der Waals surface area contributed by atoms with E-state index in [1.807, 2.05) is 18.2 Å². The second kappa shape index (κ2) is 16.6. The molecule has 1 saturated carbocycles. The molecule has 0 radical (unpaired) electrons. The Labute approximate surface area is 358 Å². The first kappa shape index (κ1) is 41.7. The zero-order valence-electron chi connectivity index (χ0n) is 35.2. The minimum Gasteiger partial charge on any atom is -0.351 e. The van der Waals surface area contributed by atoms with Gasteiger partial charge in [-0.15, -0.1) is 0 Å². The smallest absolute Gasteiger partial charge is 0.329 e. The van der Waals surface area contributed by atoms with Crippen LogP contribution in [0.25, 0.3) is 21.9 Å². The molecule has 9 rings (SSSR count). The van der Waals surface area contributed by atoms with Crippen LogP contribution in [0, 0.1) is 12.7 Å². The number of nitrogens with one attached hydrogen (secondary N) is 2. The van der Waals surface area contributed by atoms with E-state index in [0.717, 1.165) is 57.2 Å². The van der Waals surface area contributed by atoms with Crippen LogP contribution in [0.15, 0.2) is 52.3 Å². The molecule has 3 aromatic heterocycles. The molecule has 62 heavy (non-hydrogen) atoms. The van der Waals surface area contributed by atoms with Crippen molar-refractivity contribution in [3.05, 3.63) is 81.0 Å². The van der Waals surface area contributed by atoms with Gasteiger partial charge in [0.1, 0.15) is 11.5 Å². The summed E-state index contributed by atoms with van der Waals surface area (Å²) in [5.74, 6) is -0.254. The molecule has 0 unspecified atom stereocenters. The summed E-state index contributed by atoms with van der Waals surface area (Å²) in [4.78, 5) is 63.5. The molecule has 0 atom stereocenters. The summed E-state index contributed by atoms with van der Waals surface area (Å²) < 4.78 is 48.1. The van der Waals surface area contributed by atoms with Crippen LogP contribution in [0.1, 0.15) is 104 Å². The molecule has 6 heterocycles. The highest BCUT2D eigenvalue weighted by atomic mass is 32.2. The molecule has 18 heteroatoms. The maximum Gasteiger partial charge on any atom is 0.329 e.